The Hall–Kier alpha value is -3.29. The molecule has 1 saturated carbocycles. The quantitative estimate of drug-likeness (QED) is 0.631. The van der Waals surface area contributed by atoms with E-state index in [1.54, 1.807) is 11.1 Å². The SMILES string of the molecule is CC(F)(F)C(=O)N[C@H]1CC(=O)N(c2ccc3c(cnn3CC3CC3)c2)C1c1ccccc1. The Kier molecular flexibility index (Phi) is 4.95. The number of nitrogens with zero attached hydrogens (tertiary/aromatic N) is 3. The third-order valence-electron chi connectivity index (χ3n) is 6.21. The number of benzene rings is 2. The standard InChI is InChI=1S/C24H24F2N4O2/c1-24(25,26)23(32)28-19-12-21(31)30(22(19)16-5-3-2-4-6-16)18-9-10-20-17(11-18)13-27-29(20)14-15-7-8-15/h2-6,9-11,13,15,19,22H,7-8,12,14H2,1H3,(H,28,32)/t19-,22?/m0/s1. The van der Waals surface area contributed by atoms with Crippen LogP contribution in [0.4, 0.5) is 14.5 Å². The number of carbonyl (C=O) groups is 2. The van der Waals surface area contributed by atoms with E-state index >= 15 is 0 Å². The van der Waals surface area contributed by atoms with Crippen molar-refractivity contribution in [2.45, 2.75) is 50.7 Å². The first-order chi connectivity index (χ1) is 15.3. The van der Waals surface area contributed by atoms with Gasteiger partial charge in [0.25, 0.3) is 5.91 Å². The maximum atomic E-state index is 13.6. The molecule has 2 aromatic carbocycles. The molecular formula is C24H24F2N4O2. The Labute approximate surface area is 184 Å². The number of carbonyl (C=O) groups excluding carboxylic acids is 2. The number of amides is 2. The lowest BCUT2D eigenvalue weighted by molar-refractivity contribution is -0.143. The summed E-state index contributed by atoms with van der Waals surface area (Å²) in [6.45, 7) is 1.44. The van der Waals surface area contributed by atoms with Crippen molar-refractivity contribution in [1.82, 2.24) is 15.1 Å². The van der Waals surface area contributed by atoms with Crippen LogP contribution in [0.15, 0.2) is 54.7 Å². The van der Waals surface area contributed by atoms with Crippen LogP contribution in [0.25, 0.3) is 10.9 Å². The van der Waals surface area contributed by atoms with Gasteiger partial charge in [0.1, 0.15) is 0 Å². The Balaban J connectivity index is 1.50. The molecule has 2 heterocycles. The van der Waals surface area contributed by atoms with E-state index < -0.39 is 23.9 Å². The fourth-order valence-electron chi connectivity index (χ4n) is 4.41. The molecular weight excluding hydrogens is 414 g/mol. The molecule has 3 aromatic rings. The molecule has 0 spiro atoms. The fraction of sp³-hybridized carbons (Fsp3) is 0.375. The minimum atomic E-state index is -3.52. The van der Waals surface area contributed by atoms with Crippen molar-refractivity contribution in [3.63, 3.8) is 0 Å². The van der Waals surface area contributed by atoms with Crippen LogP contribution < -0.4 is 10.2 Å². The molecule has 1 aliphatic carbocycles. The molecule has 1 N–H and O–H groups in total. The van der Waals surface area contributed by atoms with E-state index in [4.69, 9.17) is 0 Å². The summed E-state index contributed by atoms with van der Waals surface area (Å²) in [5.74, 6) is -4.45. The van der Waals surface area contributed by atoms with Gasteiger partial charge in [-0.3, -0.25) is 14.3 Å². The topological polar surface area (TPSA) is 67.2 Å². The van der Waals surface area contributed by atoms with Crippen molar-refractivity contribution in [3.05, 3.63) is 60.3 Å². The summed E-state index contributed by atoms with van der Waals surface area (Å²) in [7, 11) is 0. The number of halogens is 2. The highest BCUT2D eigenvalue weighted by Crippen LogP contribution is 2.39. The molecule has 2 aliphatic rings. The van der Waals surface area contributed by atoms with E-state index in [-0.39, 0.29) is 12.3 Å². The highest BCUT2D eigenvalue weighted by atomic mass is 19.3. The van der Waals surface area contributed by atoms with Gasteiger partial charge in [-0.25, -0.2) is 0 Å². The number of rotatable bonds is 6. The molecule has 8 heteroatoms. The second kappa shape index (κ2) is 7.69. The van der Waals surface area contributed by atoms with Crippen molar-refractivity contribution in [1.29, 1.82) is 0 Å². The predicted molar refractivity (Wildman–Crippen MR) is 116 cm³/mol. The maximum absolute atomic E-state index is 13.6. The van der Waals surface area contributed by atoms with Gasteiger partial charge in [-0.1, -0.05) is 30.3 Å². The van der Waals surface area contributed by atoms with Gasteiger partial charge in [-0.2, -0.15) is 13.9 Å². The van der Waals surface area contributed by atoms with E-state index in [1.807, 2.05) is 53.2 Å². The lowest BCUT2D eigenvalue weighted by atomic mass is 9.99. The molecule has 0 radical (unpaired) electrons. The first kappa shape index (κ1) is 20.6. The second-order valence-electron chi connectivity index (χ2n) is 8.80. The minimum absolute atomic E-state index is 0.0552. The first-order valence-corrected chi connectivity index (χ1v) is 10.8. The maximum Gasteiger partial charge on any atom is 0.321 e. The summed E-state index contributed by atoms with van der Waals surface area (Å²) >= 11 is 0. The van der Waals surface area contributed by atoms with E-state index in [9.17, 15) is 18.4 Å². The third kappa shape index (κ3) is 3.85. The lowest BCUT2D eigenvalue weighted by Crippen LogP contribution is -2.46. The van der Waals surface area contributed by atoms with Crippen LogP contribution in [0, 0.1) is 5.92 Å². The Morgan fingerprint density at radius 3 is 2.62 bits per heavy atom. The van der Waals surface area contributed by atoms with Crippen LogP contribution in [-0.2, 0) is 16.1 Å². The molecule has 1 aliphatic heterocycles. The molecule has 5 rings (SSSR count). The Morgan fingerprint density at radius 1 is 1.19 bits per heavy atom. The minimum Gasteiger partial charge on any atom is -0.345 e. The number of anilines is 1. The van der Waals surface area contributed by atoms with Gasteiger partial charge in [0, 0.05) is 31.0 Å². The van der Waals surface area contributed by atoms with Crippen molar-refractivity contribution in [2.24, 2.45) is 5.92 Å². The van der Waals surface area contributed by atoms with E-state index in [0.717, 1.165) is 23.0 Å². The smallest absolute Gasteiger partial charge is 0.321 e. The lowest BCUT2D eigenvalue weighted by Gasteiger charge is -2.29. The van der Waals surface area contributed by atoms with Gasteiger partial charge in [0.15, 0.2) is 0 Å². The van der Waals surface area contributed by atoms with Crippen LogP contribution in [0.1, 0.15) is 37.8 Å². The van der Waals surface area contributed by atoms with Crippen LogP contribution >= 0.6 is 0 Å². The van der Waals surface area contributed by atoms with Crippen molar-refractivity contribution < 1.29 is 18.4 Å². The zero-order chi connectivity index (χ0) is 22.5. The fourth-order valence-corrected chi connectivity index (χ4v) is 4.41. The number of fused-ring (bicyclic) bond motifs is 1. The second-order valence-corrected chi connectivity index (χ2v) is 8.80. The normalized spacial score (nSPS) is 21.3. The zero-order valence-electron chi connectivity index (χ0n) is 17.7. The monoisotopic (exact) mass is 438 g/mol. The summed E-state index contributed by atoms with van der Waals surface area (Å²) in [4.78, 5) is 26.7. The van der Waals surface area contributed by atoms with Crippen LogP contribution in [0.5, 0.6) is 0 Å². The average Bonchev–Trinajstić information content (AvgIpc) is 3.40. The van der Waals surface area contributed by atoms with E-state index in [0.29, 0.717) is 18.5 Å². The first-order valence-electron chi connectivity index (χ1n) is 10.8. The Morgan fingerprint density at radius 2 is 1.94 bits per heavy atom. The molecule has 1 unspecified atom stereocenters. The summed E-state index contributed by atoms with van der Waals surface area (Å²) < 4.78 is 29.1. The number of alkyl halides is 2. The number of hydrogen-bond donors (Lipinski definition) is 1. The average molecular weight is 438 g/mol. The zero-order valence-corrected chi connectivity index (χ0v) is 17.7. The molecule has 0 bridgehead atoms. The van der Waals surface area contributed by atoms with Crippen molar-refractivity contribution in [3.8, 4) is 0 Å². The Bertz CT molecular complexity index is 1170. The van der Waals surface area contributed by atoms with Crippen molar-refractivity contribution in [2.75, 3.05) is 4.90 Å². The predicted octanol–water partition coefficient (Wildman–Crippen LogP) is 4.06. The molecule has 6 nitrogen and oxygen atoms in total. The highest BCUT2D eigenvalue weighted by Gasteiger charge is 2.45. The molecule has 2 atom stereocenters. The molecule has 1 saturated heterocycles. The molecule has 32 heavy (non-hydrogen) atoms. The number of nitrogens with one attached hydrogen (secondary N) is 1. The summed E-state index contributed by atoms with van der Waals surface area (Å²) in [6, 6.07) is 13.5. The van der Waals surface area contributed by atoms with Gasteiger partial charge in [0.2, 0.25) is 5.91 Å². The van der Waals surface area contributed by atoms with Crippen molar-refractivity contribution >= 4 is 28.4 Å². The number of aromatic nitrogens is 2. The molecule has 166 valence electrons. The molecule has 2 amide bonds. The van der Waals surface area contributed by atoms with Crippen LogP contribution in [0.3, 0.4) is 0 Å². The summed E-state index contributed by atoms with van der Waals surface area (Å²) in [5, 5.41) is 7.81. The van der Waals surface area contributed by atoms with Gasteiger partial charge in [0.05, 0.1) is 23.8 Å². The van der Waals surface area contributed by atoms with Gasteiger partial charge >= 0.3 is 5.92 Å². The number of hydrogen-bond acceptors (Lipinski definition) is 3. The summed E-state index contributed by atoms with van der Waals surface area (Å²) in [5.41, 5.74) is 2.42. The van der Waals surface area contributed by atoms with Crippen LogP contribution in [-0.4, -0.2) is 33.6 Å². The van der Waals surface area contributed by atoms with Gasteiger partial charge in [-0.15, -0.1) is 0 Å². The molecule has 1 aromatic heterocycles. The van der Waals surface area contributed by atoms with E-state index in [1.165, 1.54) is 12.8 Å². The third-order valence-corrected chi connectivity index (χ3v) is 6.21. The highest BCUT2D eigenvalue weighted by molar-refractivity contribution is 6.00. The van der Waals surface area contributed by atoms with E-state index in [2.05, 4.69) is 10.4 Å². The summed E-state index contributed by atoms with van der Waals surface area (Å²) in [6.07, 6.45) is 4.19. The largest absolute Gasteiger partial charge is 0.345 e. The van der Waals surface area contributed by atoms with Crippen LogP contribution in [0.2, 0.25) is 0 Å². The van der Waals surface area contributed by atoms with Gasteiger partial charge in [-0.05, 0) is 42.5 Å². The van der Waals surface area contributed by atoms with Gasteiger partial charge < -0.3 is 10.2 Å². The molecule has 2 fully saturated rings.